The fourth-order valence-electron chi connectivity index (χ4n) is 2.70. The van der Waals surface area contributed by atoms with Crippen LogP contribution in [-0.4, -0.2) is 26.6 Å². The number of nitrogens with zero attached hydrogens (tertiary/aromatic N) is 1. The monoisotopic (exact) mass is 382 g/mol. The number of halogens is 1. The average Bonchev–Trinajstić information content (AvgIpc) is 2.56. The molecule has 1 atom stereocenters. The largest absolute Gasteiger partial charge is 0.320 e. The van der Waals surface area contributed by atoms with Gasteiger partial charge in [-0.1, -0.05) is 23.7 Å². The third-order valence-corrected chi connectivity index (χ3v) is 8.04. The normalized spacial score (nSPS) is 19.1. The van der Waals surface area contributed by atoms with E-state index in [-0.39, 0.29) is 0 Å². The van der Waals surface area contributed by atoms with Crippen molar-refractivity contribution >= 4 is 44.8 Å². The fourth-order valence-corrected chi connectivity index (χ4v) is 6.49. The number of para-hydroxylation sites is 1. The molecule has 0 amide bonds. The maximum atomic E-state index is 13.2. The Morgan fingerprint density at radius 2 is 1.88 bits per heavy atom. The van der Waals surface area contributed by atoms with E-state index < -0.39 is 14.6 Å². The number of hydrogen-bond acceptors (Lipinski definition) is 4. The number of anilines is 2. The third kappa shape index (κ3) is 3.42. The molecule has 2 aromatic rings. The molecule has 128 valence electrons. The zero-order valence-electron chi connectivity index (χ0n) is 13.3. The molecule has 24 heavy (non-hydrogen) atoms. The first-order valence-electron chi connectivity index (χ1n) is 7.74. The van der Waals surface area contributed by atoms with E-state index in [1.807, 2.05) is 31.3 Å². The second kappa shape index (κ2) is 7.35. The predicted octanol–water partition coefficient (Wildman–Crippen LogP) is 4.24. The van der Waals surface area contributed by atoms with Gasteiger partial charge in [-0.3, -0.25) is 0 Å². The zero-order valence-corrected chi connectivity index (χ0v) is 15.7. The zero-order chi connectivity index (χ0) is 17.2. The van der Waals surface area contributed by atoms with E-state index in [4.69, 9.17) is 11.6 Å². The molecular formula is C17H19ClN2O2S2. The lowest BCUT2D eigenvalue weighted by Crippen LogP contribution is -2.37. The Morgan fingerprint density at radius 3 is 2.58 bits per heavy atom. The van der Waals surface area contributed by atoms with Crippen LogP contribution < -0.4 is 9.62 Å². The highest BCUT2D eigenvalue weighted by Gasteiger charge is 2.39. The van der Waals surface area contributed by atoms with E-state index >= 15 is 0 Å². The quantitative estimate of drug-likeness (QED) is 0.786. The van der Waals surface area contributed by atoms with E-state index in [2.05, 4.69) is 5.32 Å². The van der Waals surface area contributed by atoms with Gasteiger partial charge in [0.25, 0.3) is 10.0 Å². The van der Waals surface area contributed by atoms with Crippen molar-refractivity contribution in [2.24, 2.45) is 0 Å². The standard InChI is InChI=1S/C17H19ClN2O2S2/c1-19-12-4-7-17-23-16-6-3-2-5-15(16)20(24(17,21)22)14-10-8-13(18)9-11-14/h2-3,5-6,8-11,17,19H,4,7,12H2,1H3. The first-order valence-corrected chi connectivity index (χ1v) is 10.5. The molecule has 1 heterocycles. The van der Waals surface area contributed by atoms with Gasteiger partial charge in [0.05, 0.1) is 11.4 Å². The fraction of sp³-hybridized carbons (Fsp3) is 0.294. The molecule has 0 saturated heterocycles. The summed E-state index contributed by atoms with van der Waals surface area (Å²) in [5.41, 5.74) is 1.32. The van der Waals surface area contributed by atoms with Gasteiger partial charge >= 0.3 is 0 Å². The number of thioether (sulfide) groups is 1. The number of fused-ring (bicyclic) bond motifs is 1. The molecule has 4 nitrogen and oxygen atoms in total. The van der Waals surface area contributed by atoms with Gasteiger partial charge in [0.1, 0.15) is 4.58 Å². The minimum atomic E-state index is -3.50. The van der Waals surface area contributed by atoms with Crippen LogP contribution in [0.5, 0.6) is 0 Å². The first-order chi connectivity index (χ1) is 11.5. The molecule has 0 fully saturated rings. The first kappa shape index (κ1) is 17.6. The maximum absolute atomic E-state index is 13.2. The van der Waals surface area contributed by atoms with Gasteiger partial charge < -0.3 is 5.32 Å². The molecule has 0 aromatic heterocycles. The van der Waals surface area contributed by atoms with Crippen LogP contribution in [0.4, 0.5) is 11.4 Å². The number of rotatable bonds is 5. The highest BCUT2D eigenvalue weighted by atomic mass is 35.5. The number of hydrogen-bond donors (Lipinski definition) is 1. The van der Waals surface area contributed by atoms with Crippen molar-refractivity contribution in [2.75, 3.05) is 17.9 Å². The highest BCUT2D eigenvalue weighted by Crippen LogP contribution is 2.47. The lowest BCUT2D eigenvalue weighted by molar-refractivity contribution is 0.584. The summed E-state index contributed by atoms with van der Waals surface area (Å²) in [6.45, 7) is 0.801. The molecule has 0 saturated carbocycles. The SMILES string of the molecule is CNCCCC1Sc2ccccc2N(c2ccc(Cl)cc2)S1(=O)=O. The van der Waals surface area contributed by atoms with Gasteiger partial charge in [0.2, 0.25) is 0 Å². The second-order valence-electron chi connectivity index (χ2n) is 5.55. The third-order valence-electron chi connectivity index (χ3n) is 3.86. The molecular weight excluding hydrogens is 364 g/mol. The van der Waals surface area contributed by atoms with Crippen molar-refractivity contribution in [1.29, 1.82) is 0 Å². The van der Waals surface area contributed by atoms with E-state index in [9.17, 15) is 8.42 Å². The van der Waals surface area contributed by atoms with Crippen molar-refractivity contribution in [2.45, 2.75) is 22.3 Å². The Morgan fingerprint density at radius 1 is 1.17 bits per heavy atom. The van der Waals surface area contributed by atoms with Gasteiger partial charge in [-0.2, -0.15) is 0 Å². The van der Waals surface area contributed by atoms with Crippen LogP contribution >= 0.6 is 23.4 Å². The Balaban J connectivity index is 2.05. The maximum Gasteiger partial charge on any atom is 0.252 e. The van der Waals surface area contributed by atoms with E-state index in [0.717, 1.165) is 17.9 Å². The molecule has 0 bridgehead atoms. The van der Waals surface area contributed by atoms with Crippen molar-refractivity contribution in [3.63, 3.8) is 0 Å². The van der Waals surface area contributed by atoms with Crippen molar-refractivity contribution < 1.29 is 8.42 Å². The van der Waals surface area contributed by atoms with Crippen molar-refractivity contribution in [3.8, 4) is 0 Å². The Labute approximate surface area is 152 Å². The summed E-state index contributed by atoms with van der Waals surface area (Å²) in [5.74, 6) is 0. The number of nitrogens with one attached hydrogen (secondary N) is 1. The van der Waals surface area contributed by atoms with Crippen LogP contribution in [0.1, 0.15) is 12.8 Å². The number of sulfonamides is 1. The molecule has 0 aliphatic carbocycles. The summed E-state index contributed by atoms with van der Waals surface area (Å²) < 4.78 is 27.4. The summed E-state index contributed by atoms with van der Waals surface area (Å²) in [4.78, 5) is 0.983. The summed E-state index contributed by atoms with van der Waals surface area (Å²) >= 11 is 7.39. The predicted molar refractivity (Wildman–Crippen MR) is 102 cm³/mol. The van der Waals surface area contributed by atoms with Crippen LogP contribution in [0.2, 0.25) is 5.02 Å². The molecule has 1 N–H and O–H groups in total. The van der Waals surface area contributed by atoms with Gasteiger partial charge in [-0.05, 0) is 62.8 Å². The lowest BCUT2D eigenvalue weighted by atomic mass is 10.2. The summed E-state index contributed by atoms with van der Waals surface area (Å²) in [6.07, 6.45) is 1.41. The van der Waals surface area contributed by atoms with Crippen LogP contribution in [0.15, 0.2) is 53.4 Å². The molecule has 1 aliphatic rings. The Hall–Kier alpha value is -1.21. The van der Waals surface area contributed by atoms with E-state index in [1.54, 1.807) is 24.3 Å². The smallest absolute Gasteiger partial charge is 0.252 e. The van der Waals surface area contributed by atoms with E-state index in [0.29, 0.717) is 22.8 Å². The van der Waals surface area contributed by atoms with Crippen molar-refractivity contribution in [3.05, 3.63) is 53.6 Å². The van der Waals surface area contributed by atoms with Crippen LogP contribution in [0.3, 0.4) is 0 Å². The van der Waals surface area contributed by atoms with Gasteiger partial charge in [0, 0.05) is 9.92 Å². The topological polar surface area (TPSA) is 49.4 Å². The molecule has 1 aliphatic heterocycles. The molecule has 3 rings (SSSR count). The van der Waals surface area contributed by atoms with Gasteiger partial charge in [-0.15, -0.1) is 11.8 Å². The molecule has 7 heteroatoms. The molecule has 0 spiro atoms. The number of benzene rings is 2. The second-order valence-corrected chi connectivity index (χ2v) is 9.49. The lowest BCUT2D eigenvalue weighted by Gasteiger charge is -2.35. The average molecular weight is 383 g/mol. The highest BCUT2D eigenvalue weighted by molar-refractivity contribution is 8.14. The summed E-state index contributed by atoms with van der Waals surface area (Å²) in [7, 11) is -1.63. The summed E-state index contributed by atoms with van der Waals surface area (Å²) in [6, 6.07) is 14.5. The molecule has 0 radical (unpaired) electrons. The van der Waals surface area contributed by atoms with Gasteiger partial charge in [-0.25, -0.2) is 12.7 Å². The Kier molecular flexibility index (Phi) is 5.39. The van der Waals surface area contributed by atoms with Crippen molar-refractivity contribution in [1.82, 2.24) is 5.32 Å². The van der Waals surface area contributed by atoms with Crippen LogP contribution in [-0.2, 0) is 10.0 Å². The summed E-state index contributed by atoms with van der Waals surface area (Å²) in [5, 5.41) is 3.66. The molecule has 1 unspecified atom stereocenters. The van der Waals surface area contributed by atoms with Crippen LogP contribution in [0, 0.1) is 0 Å². The van der Waals surface area contributed by atoms with Gasteiger partial charge in [0.15, 0.2) is 0 Å². The Bertz CT molecular complexity index is 810. The van der Waals surface area contributed by atoms with E-state index in [1.165, 1.54) is 16.1 Å². The van der Waals surface area contributed by atoms with Crippen LogP contribution in [0.25, 0.3) is 0 Å². The molecule has 2 aromatic carbocycles. The minimum Gasteiger partial charge on any atom is -0.320 e. The minimum absolute atomic E-state index is 0.489.